The predicted molar refractivity (Wildman–Crippen MR) is 108 cm³/mol. The summed E-state index contributed by atoms with van der Waals surface area (Å²) < 4.78 is 22.9. The van der Waals surface area contributed by atoms with E-state index < -0.39 is 9.84 Å². The Balaban J connectivity index is 1.84. The van der Waals surface area contributed by atoms with E-state index in [0.717, 1.165) is 17.7 Å². The fourth-order valence-electron chi connectivity index (χ4n) is 2.35. The van der Waals surface area contributed by atoms with Crippen molar-refractivity contribution in [3.63, 3.8) is 0 Å². The van der Waals surface area contributed by atoms with Crippen LogP contribution >= 0.6 is 12.2 Å². The van der Waals surface area contributed by atoms with E-state index in [1.54, 1.807) is 24.3 Å². The zero-order valence-electron chi connectivity index (χ0n) is 14.6. The van der Waals surface area contributed by atoms with Gasteiger partial charge >= 0.3 is 0 Å². The molecule has 0 radical (unpaired) electrons. The Kier molecular flexibility index (Phi) is 6.96. The molecule has 2 aromatic rings. The Hall–Kier alpha value is -1.92. The molecule has 2 N–H and O–H groups in total. The van der Waals surface area contributed by atoms with Crippen LogP contribution in [0.2, 0.25) is 0 Å². The molecule has 6 heteroatoms. The minimum Gasteiger partial charge on any atom is -0.358 e. The number of benzene rings is 2. The number of thiocarbonyl (C=S) groups is 1. The van der Waals surface area contributed by atoms with Crippen molar-refractivity contribution in [2.45, 2.75) is 37.6 Å². The molecule has 2 aromatic carbocycles. The molecule has 0 aromatic heterocycles. The molecule has 0 aliphatic heterocycles. The second-order valence-corrected chi connectivity index (χ2v) is 8.45. The number of anilines is 1. The molecule has 0 saturated carbocycles. The van der Waals surface area contributed by atoms with Gasteiger partial charge in [-0.05, 0) is 60.5 Å². The fraction of sp³-hybridized carbons (Fsp3) is 0.316. The smallest absolute Gasteiger partial charge is 0.175 e. The first-order valence-corrected chi connectivity index (χ1v) is 10.6. The number of nitrogens with one attached hydrogen (secondary N) is 2. The lowest BCUT2D eigenvalue weighted by atomic mass is 10.1. The highest BCUT2D eigenvalue weighted by Gasteiger charge is 2.06. The Bertz CT molecular complexity index is 798. The lowest BCUT2D eigenvalue weighted by Crippen LogP contribution is -2.27. The normalized spacial score (nSPS) is 11.1. The Morgan fingerprint density at radius 3 is 2.16 bits per heavy atom. The predicted octanol–water partition coefficient (Wildman–Crippen LogP) is 3.92. The third-order valence-corrected chi connectivity index (χ3v) is 5.21. The highest BCUT2D eigenvalue weighted by Crippen LogP contribution is 2.12. The summed E-state index contributed by atoms with van der Waals surface area (Å²) in [5.74, 6) is 0. The Labute approximate surface area is 155 Å². The van der Waals surface area contributed by atoms with E-state index >= 15 is 0 Å². The summed E-state index contributed by atoms with van der Waals surface area (Å²) in [6, 6.07) is 15.1. The van der Waals surface area contributed by atoms with Gasteiger partial charge in [0, 0.05) is 18.5 Å². The molecule has 0 heterocycles. The number of hydrogen-bond acceptors (Lipinski definition) is 3. The van der Waals surface area contributed by atoms with Crippen LogP contribution in [0.4, 0.5) is 5.69 Å². The van der Waals surface area contributed by atoms with Crippen molar-refractivity contribution < 1.29 is 8.42 Å². The summed E-state index contributed by atoms with van der Waals surface area (Å²) in [5, 5.41) is 6.82. The largest absolute Gasteiger partial charge is 0.358 e. The molecular formula is C19H24N2O2S2. The van der Waals surface area contributed by atoms with Crippen LogP contribution in [0.1, 0.15) is 30.9 Å². The third kappa shape index (κ3) is 6.48. The van der Waals surface area contributed by atoms with Crippen molar-refractivity contribution in [2.75, 3.05) is 11.6 Å². The van der Waals surface area contributed by atoms with Gasteiger partial charge < -0.3 is 10.6 Å². The van der Waals surface area contributed by atoms with Crippen molar-refractivity contribution in [1.82, 2.24) is 5.32 Å². The van der Waals surface area contributed by atoms with Gasteiger partial charge in [-0.15, -0.1) is 0 Å². The van der Waals surface area contributed by atoms with Crippen LogP contribution in [0, 0.1) is 0 Å². The lowest BCUT2D eigenvalue weighted by Gasteiger charge is -2.11. The number of sulfone groups is 1. The summed E-state index contributed by atoms with van der Waals surface area (Å²) in [7, 11) is -3.16. The molecule has 0 amide bonds. The molecule has 0 aliphatic carbocycles. The summed E-state index contributed by atoms with van der Waals surface area (Å²) in [4.78, 5) is 0.320. The first kappa shape index (κ1) is 19.4. The number of hydrogen-bond donors (Lipinski definition) is 2. The van der Waals surface area contributed by atoms with Crippen LogP contribution in [0.15, 0.2) is 53.4 Å². The molecule has 134 valence electrons. The maximum absolute atomic E-state index is 11.4. The van der Waals surface area contributed by atoms with Crippen molar-refractivity contribution >= 4 is 32.9 Å². The summed E-state index contributed by atoms with van der Waals surface area (Å²) >= 11 is 5.30. The lowest BCUT2D eigenvalue weighted by molar-refractivity contribution is 0.602. The van der Waals surface area contributed by atoms with Gasteiger partial charge in [0.05, 0.1) is 4.90 Å². The minimum absolute atomic E-state index is 0.320. The van der Waals surface area contributed by atoms with E-state index in [0.29, 0.717) is 16.6 Å². The maximum atomic E-state index is 11.4. The fourth-order valence-corrected chi connectivity index (χ4v) is 3.17. The van der Waals surface area contributed by atoms with Gasteiger partial charge in [-0.2, -0.15) is 0 Å². The molecule has 25 heavy (non-hydrogen) atoms. The van der Waals surface area contributed by atoms with Crippen molar-refractivity contribution in [3.8, 4) is 0 Å². The van der Waals surface area contributed by atoms with Crippen LogP contribution in [0.5, 0.6) is 0 Å². The van der Waals surface area contributed by atoms with Gasteiger partial charge in [0.2, 0.25) is 0 Å². The quantitative estimate of drug-likeness (QED) is 0.717. The van der Waals surface area contributed by atoms with Crippen LogP contribution < -0.4 is 10.6 Å². The molecule has 4 nitrogen and oxygen atoms in total. The standard InChI is InChI=1S/C19H24N2O2S2/c1-3-4-5-15-6-10-17(11-7-15)21-19(24)20-14-16-8-12-18(13-9-16)25(2,22)23/h6-13H,3-5,14H2,1-2H3,(H2,20,21,24). The SMILES string of the molecule is CCCCc1ccc(NC(=S)NCc2ccc(S(C)(=O)=O)cc2)cc1. The highest BCUT2D eigenvalue weighted by atomic mass is 32.2. The summed E-state index contributed by atoms with van der Waals surface area (Å²) in [6.45, 7) is 2.72. The van der Waals surface area contributed by atoms with Gasteiger partial charge in [-0.1, -0.05) is 37.6 Å². The molecule has 0 aliphatic rings. The number of aryl methyl sites for hydroxylation is 1. The second kappa shape index (κ2) is 8.97. The highest BCUT2D eigenvalue weighted by molar-refractivity contribution is 7.90. The van der Waals surface area contributed by atoms with E-state index in [-0.39, 0.29) is 0 Å². The number of unbranched alkanes of at least 4 members (excludes halogenated alkanes) is 1. The van der Waals surface area contributed by atoms with Gasteiger partial charge in [-0.3, -0.25) is 0 Å². The van der Waals surface area contributed by atoms with Gasteiger partial charge in [0.1, 0.15) is 0 Å². The molecule has 0 atom stereocenters. The Morgan fingerprint density at radius 1 is 1.00 bits per heavy atom. The molecule has 0 spiro atoms. The Morgan fingerprint density at radius 2 is 1.60 bits per heavy atom. The van der Waals surface area contributed by atoms with E-state index in [1.807, 2.05) is 12.1 Å². The van der Waals surface area contributed by atoms with Gasteiger partial charge in [0.25, 0.3) is 0 Å². The first-order chi connectivity index (χ1) is 11.9. The molecule has 0 bridgehead atoms. The van der Waals surface area contributed by atoms with Crippen molar-refractivity contribution in [2.24, 2.45) is 0 Å². The summed E-state index contributed by atoms with van der Waals surface area (Å²) in [6.07, 6.45) is 4.69. The van der Waals surface area contributed by atoms with E-state index in [4.69, 9.17) is 12.2 Å². The van der Waals surface area contributed by atoms with Crippen molar-refractivity contribution in [3.05, 3.63) is 59.7 Å². The second-order valence-electron chi connectivity index (χ2n) is 6.02. The molecule has 0 fully saturated rings. The van der Waals surface area contributed by atoms with Gasteiger partial charge in [-0.25, -0.2) is 8.42 Å². The average Bonchev–Trinajstić information content (AvgIpc) is 2.59. The molecule has 0 saturated heterocycles. The average molecular weight is 377 g/mol. The third-order valence-electron chi connectivity index (χ3n) is 3.84. The van der Waals surface area contributed by atoms with Crippen LogP contribution in [0.3, 0.4) is 0 Å². The first-order valence-electron chi connectivity index (χ1n) is 8.31. The topological polar surface area (TPSA) is 58.2 Å². The van der Waals surface area contributed by atoms with E-state index in [1.165, 1.54) is 24.7 Å². The van der Waals surface area contributed by atoms with Crippen molar-refractivity contribution in [1.29, 1.82) is 0 Å². The number of rotatable bonds is 7. The molecule has 0 unspecified atom stereocenters. The molecule has 2 rings (SSSR count). The summed E-state index contributed by atoms with van der Waals surface area (Å²) in [5.41, 5.74) is 3.24. The monoisotopic (exact) mass is 376 g/mol. The van der Waals surface area contributed by atoms with Crippen LogP contribution in [0.25, 0.3) is 0 Å². The minimum atomic E-state index is -3.16. The van der Waals surface area contributed by atoms with E-state index in [2.05, 4.69) is 29.7 Å². The maximum Gasteiger partial charge on any atom is 0.175 e. The van der Waals surface area contributed by atoms with Crippen LogP contribution in [-0.2, 0) is 22.8 Å². The zero-order chi connectivity index (χ0) is 18.3. The van der Waals surface area contributed by atoms with Gasteiger partial charge in [0.15, 0.2) is 14.9 Å². The van der Waals surface area contributed by atoms with E-state index in [9.17, 15) is 8.42 Å². The molecular weight excluding hydrogens is 352 g/mol. The zero-order valence-corrected chi connectivity index (χ0v) is 16.2. The van der Waals surface area contributed by atoms with Crippen LogP contribution in [-0.4, -0.2) is 19.8 Å².